The van der Waals surface area contributed by atoms with E-state index in [0.29, 0.717) is 11.3 Å². The highest BCUT2D eigenvalue weighted by Gasteiger charge is 2.13. The first-order valence-electron chi connectivity index (χ1n) is 7.31. The second-order valence-corrected chi connectivity index (χ2v) is 5.58. The minimum absolute atomic E-state index is 0.0205. The van der Waals surface area contributed by atoms with Crippen LogP contribution in [0.5, 0.6) is 0 Å². The fourth-order valence-electron chi connectivity index (χ4n) is 2.89. The summed E-state index contributed by atoms with van der Waals surface area (Å²) in [4.78, 5) is 11.4. The van der Waals surface area contributed by atoms with Crippen LogP contribution in [0.1, 0.15) is 55.8 Å². The molecule has 1 aromatic carbocycles. The molecule has 1 aliphatic rings. The zero-order valence-electron chi connectivity index (χ0n) is 11.7. The third-order valence-corrected chi connectivity index (χ3v) is 4.03. The van der Waals surface area contributed by atoms with E-state index in [-0.39, 0.29) is 5.78 Å². The Bertz CT molecular complexity index is 436. The lowest BCUT2D eigenvalue weighted by Gasteiger charge is -2.11. The van der Waals surface area contributed by atoms with Crippen molar-refractivity contribution in [2.75, 3.05) is 17.6 Å². The molecule has 1 saturated carbocycles. The van der Waals surface area contributed by atoms with Crippen molar-refractivity contribution in [1.29, 1.82) is 0 Å². The molecule has 3 nitrogen and oxygen atoms in total. The molecule has 1 fully saturated rings. The number of carbonyl (C=O) groups excluding carboxylic acids is 1. The van der Waals surface area contributed by atoms with Gasteiger partial charge >= 0.3 is 0 Å². The summed E-state index contributed by atoms with van der Waals surface area (Å²) >= 11 is 0. The Labute approximate surface area is 115 Å². The van der Waals surface area contributed by atoms with Crippen LogP contribution in [0.4, 0.5) is 11.4 Å². The van der Waals surface area contributed by atoms with Gasteiger partial charge in [-0.2, -0.15) is 0 Å². The quantitative estimate of drug-likeness (QED) is 0.464. The van der Waals surface area contributed by atoms with Crippen molar-refractivity contribution in [3.8, 4) is 0 Å². The summed E-state index contributed by atoms with van der Waals surface area (Å²) in [6.45, 7) is 2.52. The van der Waals surface area contributed by atoms with E-state index in [9.17, 15) is 4.79 Å². The second-order valence-electron chi connectivity index (χ2n) is 5.58. The van der Waals surface area contributed by atoms with E-state index < -0.39 is 0 Å². The molecule has 0 aromatic heterocycles. The van der Waals surface area contributed by atoms with Crippen molar-refractivity contribution >= 4 is 17.2 Å². The summed E-state index contributed by atoms with van der Waals surface area (Å²) in [7, 11) is 0. The van der Waals surface area contributed by atoms with Crippen LogP contribution in [0, 0.1) is 5.92 Å². The number of anilines is 2. The first-order chi connectivity index (χ1) is 9.16. The maximum atomic E-state index is 11.4. The van der Waals surface area contributed by atoms with Crippen LogP contribution in [-0.4, -0.2) is 12.3 Å². The molecule has 3 N–H and O–H groups in total. The van der Waals surface area contributed by atoms with E-state index in [1.165, 1.54) is 38.5 Å². The van der Waals surface area contributed by atoms with Gasteiger partial charge in [0.25, 0.3) is 0 Å². The SMILES string of the molecule is CC(=O)c1cc(NCCCC2CCCC2)ccc1N. The summed E-state index contributed by atoms with van der Waals surface area (Å²) in [5.74, 6) is 0.966. The molecule has 104 valence electrons. The van der Waals surface area contributed by atoms with Gasteiger partial charge in [-0.05, 0) is 43.9 Å². The molecule has 19 heavy (non-hydrogen) atoms. The second kappa shape index (κ2) is 6.60. The Balaban J connectivity index is 1.79. The molecule has 1 aromatic rings. The molecule has 1 aliphatic carbocycles. The lowest BCUT2D eigenvalue weighted by molar-refractivity contribution is 0.101. The van der Waals surface area contributed by atoms with Crippen molar-refractivity contribution in [3.05, 3.63) is 23.8 Å². The smallest absolute Gasteiger partial charge is 0.161 e. The Hall–Kier alpha value is -1.51. The zero-order chi connectivity index (χ0) is 13.7. The molecule has 0 radical (unpaired) electrons. The number of nitrogen functional groups attached to an aromatic ring is 1. The molecule has 0 amide bonds. The molecule has 0 saturated heterocycles. The van der Waals surface area contributed by atoms with Gasteiger partial charge in [0, 0.05) is 23.5 Å². The predicted octanol–water partition coefficient (Wildman–Crippen LogP) is 3.85. The topological polar surface area (TPSA) is 55.1 Å². The largest absolute Gasteiger partial charge is 0.398 e. The Morgan fingerprint density at radius 1 is 1.37 bits per heavy atom. The van der Waals surface area contributed by atoms with Gasteiger partial charge in [-0.25, -0.2) is 0 Å². The first kappa shape index (κ1) is 13.9. The molecule has 0 spiro atoms. The number of rotatable bonds is 6. The highest BCUT2D eigenvalue weighted by Crippen LogP contribution is 2.28. The third kappa shape index (κ3) is 3.98. The van der Waals surface area contributed by atoms with Gasteiger partial charge in [-0.1, -0.05) is 25.7 Å². The van der Waals surface area contributed by atoms with E-state index in [1.807, 2.05) is 12.1 Å². The normalized spacial score (nSPS) is 15.6. The van der Waals surface area contributed by atoms with Gasteiger partial charge in [0.15, 0.2) is 5.78 Å². The molecule has 0 bridgehead atoms. The van der Waals surface area contributed by atoms with Gasteiger partial charge in [0.2, 0.25) is 0 Å². The number of benzene rings is 1. The number of ketones is 1. The highest BCUT2D eigenvalue weighted by molar-refractivity contribution is 5.99. The van der Waals surface area contributed by atoms with Crippen LogP contribution >= 0.6 is 0 Å². The number of nitrogens with two attached hydrogens (primary N) is 1. The predicted molar refractivity (Wildman–Crippen MR) is 80.5 cm³/mol. The van der Waals surface area contributed by atoms with Crippen molar-refractivity contribution in [2.45, 2.75) is 45.4 Å². The number of hydrogen-bond acceptors (Lipinski definition) is 3. The average Bonchev–Trinajstić information content (AvgIpc) is 2.89. The fraction of sp³-hybridized carbons (Fsp3) is 0.562. The maximum absolute atomic E-state index is 11.4. The van der Waals surface area contributed by atoms with E-state index in [4.69, 9.17) is 5.73 Å². The van der Waals surface area contributed by atoms with E-state index in [1.54, 1.807) is 13.0 Å². The lowest BCUT2D eigenvalue weighted by atomic mass is 10.0. The minimum atomic E-state index is 0.0205. The summed E-state index contributed by atoms with van der Waals surface area (Å²) in [6.07, 6.45) is 8.18. The van der Waals surface area contributed by atoms with Crippen LogP contribution < -0.4 is 11.1 Å². The van der Waals surface area contributed by atoms with Gasteiger partial charge in [0.1, 0.15) is 0 Å². The van der Waals surface area contributed by atoms with E-state index >= 15 is 0 Å². The lowest BCUT2D eigenvalue weighted by Crippen LogP contribution is -2.06. The Morgan fingerprint density at radius 2 is 2.11 bits per heavy atom. The number of nitrogens with one attached hydrogen (secondary N) is 1. The van der Waals surface area contributed by atoms with Gasteiger partial charge in [-0.15, -0.1) is 0 Å². The Kier molecular flexibility index (Phi) is 4.83. The van der Waals surface area contributed by atoms with Crippen molar-refractivity contribution in [1.82, 2.24) is 0 Å². The highest BCUT2D eigenvalue weighted by atomic mass is 16.1. The third-order valence-electron chi connectivity index (χ3n) is 4.03. The minimum Gasteiger partial charge on any atom is -0.398 e. The molecule has 0 atom stereocenters. The van der Waals surface area contributed by atoms with Crippen LogP contribution in [0.2, 0.25) is 0 Å². The summed E-state index contributed by atoms with van der Waals surface area (Å²) in [5, 5.41) is 3.38. The first-order valence-corrected chi connectivity index (χ1v) is 7.31. The van der Waals surface area contributed by atoms with E-state index in [2.05, 4.69) is 5.32 Å². The fourth-order valence-corrected chi connectivity index (χ4v) is 2.89. The van der Waals surface area contributed by atoms with Gasteiger partial charge < -0.3 is 11.1 Å². The molecule has 2 rings (SSSR count). The average molecular weight is 260 g/mol. The van der Waals surface area contributed by atoms with Crippen LogP contribution in [0.25, 0.3) is 0 Å². The summed E-state index contributed by atoms with van der Waals surface area (Å²) in [5.41, 5.74) is 7.94. The molecular formula is C16H24N2O. The van der Waals surface area contributed by atoms with Crippen LogP contribution in [0.3, 0.4) is 0 Å². The molecule has 0 aliphatic heterocycles. The maximum Gasteiger partial charge on any atom is 0.161 e. The molecular weight excluding hydrogens is 236 g/mol. The van der Waals surface area contributed by atoms with Crippen LogP contribution in [-0.2, 0) is 0 Å². The monoisotopic (exact) mass is 260 g/mol. The number of carbonyl (C=O) groups is 1. The van der Waals surface area contributed by atoms with E-state index in [0.717, 1.165) is 18.2 Å². The van der Waals surface area contributed by atoms with Crippen molar-refractivity contribution in [3.63, 3.8) is 0 Å². The van der Waals surface area contributed by atoms with Gasteiger partial charge in [0.05, 0.1) is 0 Å². The van der Waals surface area contributed by atoms with Crippen molar-refractivity contribution in [2.24, 2.45) is 5.92 Å². The molecule has 3 heteroatoms. The summed E-state index contributed by atoms with van der Waals surface area (Å²) in [6, 6.07) is 5.60. The molecule has 0 heterocycles. The molecule has 0 unspecified atom stereocenters. The Morgan fingerprint density at radius 3 is 2.79 bits per heavy atom. The van der Waals surface area contributed by atoms with Crippen LogP contribution in [0.15, 0.2) is 18.2 Å². The number of Topliss-reactive ketones (excluding diaryl/α,β-unsaturated/α-hetero) is 1. The zero-order valence-corrected chi connectivity index (χ0v) is 11.7. The summed E-state index contributed by atoms with van der Waals surface area (Å²) < 4.78 is 0. The van der Waals surface area contributed by atoms with Gasteiger partial charge in [-0.3, -0.25) is 4.79 Å². The van der Waals surface area contributed by atoms with Crippen molar-refractivity contribution < 1.29 is 4.79 Å². The standard InChI is InChI=1S/C16H24N2O/c1-12(19)15-11-14(8-9-16(15)17)18-10-4-7-13-5-2-3-6-13/h8-9,11,13,18H,2-7,10,17H2,1H3. The number of hydrogen-bond donors (Lipinski definition) is 2.